The molecule has 0 saturated carbocycles. The average Bonchev–Trinajstić information content (AvgIpc) is 2.59. The molecule has 118 valence electrons. The normalized spacial score (nSPS) is 10.3. The van der Waals surface area contributed by atoms with Crippen LogP contribution in [-0.2, 0) is 4.79 Å². The van der Waals surface area contributed by atoms with Crippen molar-refractivity contribution < 1.29 is 14.3 Å². The Morgan fingerprint density at radius 3 is 2.35 bits per heavy atom. The highest BCUT2D eigenvalue weighted by atomic mass is 16.5. The lowest BCUT2D eigenvalue weighted by Crippen LogP contribution is -2.07. The van der Waals surface area contributed by atoms with Gasteiger partial charge in [0.25, 0.3) is 0 Å². The fourth-order valence-corrected chi connectivity index (χ4v) is 1.86. The number of hydrogen-bond donors (Lipinski definition) is 1. The third-order valence-corrected chi connectivity index (χ3v) is 3.03. The summed E-state index contributed by atoms with van der Waals surface area (Å²) >= 11 is 0. The zero-order chi connectivity index (χ0) is 16.5. The van der Waals surface area contributed by atoms with E-state index in [1.54, 1.807) is 43.5 Å². The highest BCUT2D eigenvalue weighted by molar-refractivity contribution is 6.01. The van der Waals surface area contributed by atoms with Crippen LogP contribution in [0.5, 0.6) is 11.5 Å². The van der Waals surface area contributed by atoms with Crippen LogP contribution in [0.25, 0.3) is 6.08 Å². The van der Waals surface area contributed by atoms with Crippen LogP contribution < -0.4 is 14.8 Å². The summed E-state index contributed by atoms with van der Waals surface area (Å²) in [5.74, 6) is 1.32. The van der Waals surface area contributed by atoms with Crippen molar-refractivity contribution in [2.45, 2.75) is 0 Å². The Hall–Kier alpha value is -3.01. The predicted octanol–water partition coefficient (Wildman–Crippen LogP) is 3.91. The number of nitrogens with one attached hydrogen (secondary N) is 1. The van der Waals surface area contributed by atoms with Crippen molar-refractivity contribution in [1.29, 1.82) is 0 Å². The Bertz CT molecular complexity index is 673. The molecule has 2 rings (SSSR count). The van der Waals surface area contributed by atoms with Crippen LogP contribution in [0.3, 0.4) is 0 Å². The number of benzene rings is 2. The van der Waals surface area contributed by atoms with Gasteiger partial charge in [0.05, 0.1) is 7.11 Å². The highest BCUT2D eigenvalue weighted by Crippen LogP contribution is 2.16. The van der Waals surface area contributed by atoms with Gasteiger partial charge in [-0.3, -0.25) is 4.79 Å². The topological polar surface area (TPSA) is 47.6 Å². The van der Waals surface area contributed by atoms with Crippen molar-refractivity contribution >= 4 is 17.7 Å². The van der Waals surface area contributed by atoms with Crippen LogP contribution in [0.1, 0.15) is 5.56 Å². The van der Waals surface area contributed by atoms with E-state index in [2.05, 4.69) is 11.9 Å². The summed E-state index contributed by atoms with van der Waals surface area (Å²) in [5, 5.41) is 2.79. The highest BCUT2D eigenvalue weighted by Gasteiger charge is 1.99. The summed E-state index contributed by atoms with van der Waals surface area (Å²) in [4.78, 5) is 11.9. The van der Waals surface area contributed by atoms with Crippen LogP contribution in [-0.4, -0.2) is 19.6 Å². The maximum Gasteiger partial charge on any atom is 0.248 e. The number of carbonyl (C=O) groups excluding carboxylic acids is 1. The smallest absolute Gasteiger partial charge is 0.248 e. The molecule has 23 heavy (non-hydrogen) atoms. The first-order valence-electron chi connectivity index (χ1n) is 7.18. The Morgan fingerprint density at radius 1 is 1.09 bits per heavy atom. The largest absolute Gasteiger partial charge is 0.497 e. The van der Waals surface area contributed by atoms with Crippen molar-refractivity contribution in [2.24, 2.45) is 0 Å². The molecule has 0 radical (unpaired) electrons. The molecule has 0 aliphatic heterocycles. The molecule has 0 saturated heterocycles. The lowest BCUT2D eigenvalue weighted by molar-refractivity contribution is -0.111. The van der Waals surface area contributed by atoms with Gasteiger partial charge in [0.2, 0.25) is 5.91 Å². The van der Waals surface area contributed by atoms with Crippen molar-refractivity contribution in [2.75, 3.05) is 19.0 Å². The van der Waals surface area contributed by atoms with Gasteiger partial charge < -0.3 is 14.8 Å². The van der Waals surface area contributed by atoms with E-state index in [9.17, 15) is 4.79 Å². The lowest BCUT2D eigenvalue weighted by Gasteiger charge is -2.04. The number of amides is 1. The Morgan fingerprint density at radius 2 is 1.74 bits per heavy atom. The Balaban J connectivity index is 1.90. The van der Waals surface area contributed by atoms with Gasteiger partial charge >= 0.3 is 0 Å². The number of hydrogen-bond acceptors (Lipinski definition) is 3. The summed E-state index contributed by atoms with van der Waals surface area (Å²) in [6.45, 7) is 4.07. The second kappa shape index (κ2) is 8.44. The molecule has 0 atom stereocenters. The number of ether oxygens (including phenoxy) is 2. The minimum Gasteiger partial charge on any atom is -0.497 e. The fourth-order valence-electron chi connectivity index (χ4n) is 1.86. The second-order valence-electron chi connectivity index (χ2n) is 4.72. The van der Waals surface area contributed by atoms with Crippen molar-refractivity contribution in [3.63, 3.8) is 0 Å². The molecule has 2 aromatic carbocycles. The molecule has 0 heterocycles. The summed E-state index contributed by atoms with van der Waals surface area (Å²) in [5.41, 5.74) is 1.63. The van der Waals surface area contributed by atoms with Crippen molar-refractivity contribution in [3.8, 4) is 11.5 Å². The van der Waals surface area contributed by atoms with Crippen LogP contribution >= 0.6 is 0 Å². The standard InChI is InChI=1S/C19H19NO3/c1-3-14-23-18-9-4-15(5-10-18)6-13-19(21)20-16-7-11-17(22-2)12-8-16/h3-13H,1,14H2,2H3,(H,20,21)/b13-6+. The first-order chi connectivity index (χ1) is 11.2. The van der Waals surface area contributed by atoms with Crippen LogP contribution in [0.2, 0.25) is 0 Å². The van der Waals surface area contributed by atoms with Gasteiger partial charge in [-0.15, -0.1) is 0 Å². The van der Waals surface area contributed by atoms with Gasteiger partial charge in [0.15, 0.2) is 0 Å². The lowest BCUT2D eigenvalue weighted by atomic mass is 10.2. The van der Waals surface area contributed by atoms with Gasteiger partial charge in [-0.1, -0.05) is 24.8 Å². The number of rotatable bonds is 7. The van der Waals surface area contributed by atoms with Crippen LogP contribution in [0.4, 0.5) is 5.69 Å². The minimum absolute atomic E-state index is 0.192. The molecule has 0 fully saturated rings. The molecule has 4 heteroatoms. The molecule has 0 aromatic heterocycles. The average molecular weight is 309 g/mol. The summed E-state index contributed by atoms with van der Waals surface area (Å²) in [6, 6.07) is 14.6. The SMILES string of the molecule is C=CCOc1ccc(/C=C/C(=O)Nc2ccc(OC)cc2)cc1. The maximum atomic E-state index is 11.9. The zero-order valence-corrected chi connectivity index (χ0v) is 13.0. The maximum absolute atomic E-state index is 11.9. The van der Waals surface area contributed by atoms with E-state index in [1.807, 2.05) is 24.3 Å². The number of methoxy groups -OCH3 is 1. The van der Waals surface area contributed by atoms with Gasteiger partial charge in [-0.2, -0.15) is 0 Å². The van der Waals surface area contributed by atoms with E-state index in [4.69, 9.17) is 9.47 Å². The first kappa shape index (κ1) is 16.4. The molecular weight excluding hydrogens is 290 g/mol. The summed E-state index contributed by atoms with van der Waals surface area (Å²) < 4.78 is 10.5. The van der Waals surface area contributed by atoms with Gasteiger partial charge in [0, 0.05) is 11.8 Å². The van der Waals surface area contributed by atoms with E-state index in [0.29, 0.717) is 12.3 Å². The molecule has 1 amide bonds. The predicted molar refractivity (Wildman–Crippen MR) is 92.8 cm³/mol. The third-order valence-electron chi connectivity index (χ3n) is 3.03. The zero-order valence-electron chi connectivity index (χ0n) is 13.0. The van der Waals surface area contributed by atoms with Gasteiger partial charge in [-0.05, 0) is 48.0 Å². The first-order valence-corrected chi connectivity index (χ1v) is 7.18. The van der Waals surface area contributed by atoms with E-state index in [1.165, 1.54) is 6.08 Å². The van der Waals surface area contributed by atoms with Crippen LogP contribution in [0.15, 0.2) is 67.3 Å². The van der Waals surface area contributed by atoms with E-state index >= 15 is 0 Å². The van der Waals surface area contributed by atoms with Crippen LogP contribution in [0, 0.1) is 0 Å². The number of anilines is 1. The van der Waals surface area contributed by atoms with Gasteiger partial charge in [0.1, 0.15) is 18.1 Å². The molecular formula is C19H19NO3. The molecule has 0 aliphatic carbocycles. The summed E-state index contributed by atoms with van der Waals surface area (Å²) in [6.07, 6.45) is 4.93. The number of carbonyl (C=O) groups is 1. The fraction of sp³-hybridized carbons (Fsp3) is 0.105. The Kier molecular flexibility index (Phi) is 6.00. The van der Waals surface area contributed by atoms with E-state index in [0.717, 1.165) is 17.1 Å². The monoisotopic (exact) mass is 309 g/mol. The Labute approximate surface area is 136 Å². The van der Waals surface area contributed by atoms with Gasteiger partial charge in [-0.25, -0.2) is 0 Å². The second-order valence-corrected chi connectivity index (χ2v) is 4.72. The third kappa shape index (κ3) is 5.36. The molecule has 0 bridgehead atoms. The van der Waals surface area contributed by atoms with Crippen molar-refractivity contribution in [3.05, 3.63) is 72.8 Å². The summed E-state index contributed by atoms with van der Waals surface area (Å²) in [7, 11) is 1.60. The minimum atomic E-state index is -0.192. The molecule has 0 aliphatic rings. The molecule has 0 unspecified atom stereocenters. The molecule has 2 aromatic rings. The molecule has 1 N–H and O–H groups in total. The molecule has 0 spiro atoms. The quantitative estimate of drug-likeness (QED) is 0.623. The van der Waals surface area contributed by atoms with E-state index in [-0.39, 0.29) is 5.91 Å². The van der Waals surface area contributed by atoms with Crippen molar-refractivity contribution in [1.82, 2.24) is 0 Å². The van der Waals surface area contributed by atoms with E-state index < -0.39 is 0 Å². The molecule has 4 nitrogen and oxygen atoms in total.